The van der Waals surface area contributed by atoms with E-state index < -0.39 is 11.3 Å². The van der Waals surface area contributed by atoms with Gasteiger partial charge < -0.3 is 10.4 Å². The lowest BCUT2D eigenvalue weighted by atomic mass is 10.1. The second-order valence-corrected chi connectivity index (χ2v) is 8.92. The zero-order valence-electron chi connectivity index (χ0n) is 15.8. The van der Waals surface area contributed by atoms with Crippen LogP contribution in [0.1, 0.15) is 18.9 Å². The van der Waals surface area contributed by atoms with E-state index in [1.54, 1.807) is 0 Å². The molecule has 0 spiro atoms. The van der Waals surface area contributed by atoms with Crippen LogP contribution in [0, 0.1) is 0 Å². The Balaban J connectivity index is 1.61. The number of pyridine rings is 1. The molecule has 2 aliphatic rings. The summed E-state index contributed by atoms with van der Waals surface area (Å²) in [5.41, 5.74) is 1.40. The van der Waals surface area contributed by atoms with Gasteiger partial charge >= 0.3 is 5.97 Å². The molecule has 2 aliphatic heterocycles. The van der Waals surface area contributed by atoms with Crippen molar-refractivity contribution in [3.8, 4) is 0 Å². The van der Waals surface area contributed by atoms with E-state index in [1.807, 2.05) is 29.1 Å². The van der Waals surface area contributed by atoms with Gasteiger partial charge in [0.2, 0.25) is 17.0 Å². The minimum Gasteiger partial charge on any atom is -0.477 e. The number of rotatable bonds is 7. The number of β-lactam (4-membered cyclic amide) rings is 1. The van der Waals surface area contributed by atoms with Gasteiger partial charge in [-0.25, -0.2) is 9.36 Å². The third-order valence-electron chi connectivity index (χ3n) is 4.56. The Hall–Kier alpha value is -2.93. The van der Waals surface area contributed by atoms with Gasteiger partial charge in [0.25, 0.3) is 0 Å². The van der Waals surface area contributed by atoms with E-state index in [-0.39, 0.29) is 35.9 Å². The van der Waals surface area contributed by atoms with Crippen molar-refractivity contribution in [1.82, 2.24) is 30.8 Å². The second-order valence-electron chi connectivity index (χ2n) is 6.69. The highest BCUT2D eigenvalue weighted by molar-refractivity contribution is 8.00. The number of hydrogen-bond donors (Lipinski definition) is 3. The van der Waals surface area contributed by atoms with Crippen molar-refractivity contribution in [3.05, 3.63) is 41.4 Å². The van der Waals surface area contributed by atoms with Gasteiger partial charge in [0.05, 0.1) is 17.4 Å². The number of carboxylic acids is 1. The third-order valence-corrected chi connectivity index (χ3v) is 6.84. The summed E-state index contributed by atoms with van der Waals surface area (Å²) in [6.45, 7) is 1.61. The van der Waals surface area contributed by atoms with Crippen LogP contribution in [-0.2, 0) is 26.7 Å². The van der Waals surface area contributed by atoms with Gasteiger partial charge in [-0.15, -0.1) is 22.0 Å². The van der Waals surface area contributed by atoms with Gasteiger partial charge in [-0.3, -0.25) is 14.5 Å². The minimum atomic E-state index is -1.18. The zero-order chi connectivity index (χ0) is 21.3. The lowest BCUT2D eigenvalue weighted by Gasteiger charge is -2.46. The molecule has 0 bridgehead atoms. The summed E-state index contributed by atoms with van der Waals surface area (Å²) in [5.74, 6) is -1.06. The summed E-state index contributed by atoms with van der Waals surface area (Å²) >= 11 is 2.79. The highest BCUT2D eigenvalue weighted by atomic mass is 32.2. The Morgan fingerprint density at radius 3 is 3.00 bits per heavy atom. The van der Waals surface area contributed by atoms with Crippen LogP contribution < -0.4 is 9.88 Å². The first kappa shape index (κ1) is 20.3. The molecule has 2 aromatic heterocycles. The molecule has 0 aliphatic carbocycles. The molecule has 4 heterocycles. The number of aromatic amines is 1. The molecule has 156 valence electrons. The molecule has 0 radical (unpaired) electrons. The lowest BCUT2D eigenvalue weighted by molar-refractivity contribution is -0.689. The van der Waals surface area contributed by atoms with Crippen molar-refractivity contribution < 1.29 is 24.1 Å². The van der Waals surface area contributed by atoms with E-state index in [9.17, 15) is 19.5 Å². The van der Waals surface area contributed by atoms with E-state index in [1.165, 1.54) is 35.3 Å². The van der Waals surface area contributed by atoms with Gasteiger partial charge in [-0.1, -0.05) is 11.8 Å². The number of amides is 2. The normalized spacial score (nSPS) is 20.6. The van der Waals surface area contributed by atoms with Crippen molar-refractivity contribution in [1.29, 1.82) is 0 Å². The molecule has 2 amide bonds. The predicted octanol–water partition coefficient (Wildman–Crippen LogP) is -0.114. The summed E-state index contributed by atoms with van der Waals surface area (Å²) < 4.78 is 1.84. The standard InChI is InChI=1S/C17H17N7O4S2/c1-9(25)18-15-11(14(16(27)28)24-12(26)5-13(24)30-15)7-23-4-2-3-10(6-23)8-29-17-19-21-22-20-17/h2-4,6,13,15H,5,7-8H2,1H3,(H2-,18,19,20,21,22,25,27,28)/p+1/t13-,15?/m1/s1. The molecule has 2 aromatic rings. The molecule has 0 aromatic carbocycles. The first-order valence-electron chi connectivity index (χ1n) is 8.97. The molecule has 30 heavy (non-hydrogen) atoms. The van der Waals surface area contributed by atoms with Gasteiger partial charge in [0.1, 0.15) is 11.1 Å². The van der Waals surface area contributed by atoms with Crippen molar-refractivity contribution >= 4 is 41.3 Å². The summed E-state index contributed by atoms with van der Waals surface area (Å²) in [4.78, 5) is 37.1. The predicted molar refractivity (Wildman–Crippen MR) is 105 cm³/mol. The first-order chi connectivity index (χ1) is 14.4. The zero-order valence-corrected chi connectivity index (χ0v) is 17.4. The van der Waals surface area contributed by atoms with E-state index in [2.05, 4.69) is 25.9 Å². The molecule has 1 unspecified atom stereocenters. The maximum atomic E-state index is 12.1. The molecule has 0 saturated carbocycles. The van der Waals surface area contributed by atoms with Gasteiger partial charge in [0, 0.05) is 24.3 Å². The van der Waals surface area contributed by atoms with Crippen molar-refractivity contribution in [2.75, 3.05) is 0 Å². The van der Waals surface area contributed by atoms with Gasteiger partial charge in [0.15, 0.2) is 18.9 Å². The van der Waals surface area contributed by atoms with E-state index >= 15 is 0 Å². The van der Waals surface area contributed by atoms with Gasteiger partial charge in [-0.2, -0.15) is 5.21 Å². The quantitative estimate of drug-likeness (QED) is 0.300. The number of tetrazole rings is 1. The van der Waals surface area contributed by atoms with E-state index in [0.29, 0.717) is 16.5 Å². The molecule has 1 saturated heterocycles. The highest BCUT2D eigenvalue weighted by Gasteiger charge is 2.49. The molecule has 11 nitrogen and oxygen atoms in total. The number of fused-ring (bicyclic) bond motifs is 1. The Morgan fingerprint density at radius 1 is 1.50 bits per heavy atom. The van der Waals surface area contributed by atoms with Crippen molar-refractivity contribution in [2.24, 2.45) is 0 Å². The van der Waals surface area contributed by atoms with Crippen LogP contribution in [0.4, 0.5) is 0 Å². The van der Waals surface area contributed by atoms with Crippen LogP contribution in [0.5, 0.6) is 0 Å². The second kappa shape index (κ2) is 8.44. The molecular weight excluding hydrogens is 430 g/mol. The number of aliphatic carboxylic acids is 1. The number of carbonyl (C=O) groups is 3. The maximum Gasteiger partial charge on any atom is 0.352 e. The molecular formula is C17H18N7O4S2+. The van der Waals surface area contributed by atoms with Crippen LogP contribution in [-0.4, -0.2) is 59.2 Å². The molecule has 4 rings (SSSR count). The van der Waals surface area contributed by atoms with Crippen LogP contribution >= 0.6 is 23.5 Å². The van der Waals surface area contributed by atoms with E-state index in [4.69, 9.17) is 0 Å². The number of carbonyl (C=O) groups excluding carboxylic acids is 2. The number of nitrogens with zero attached hydrogens (tertiary/aromatic N) is 5. The summed E-state index contributed by atoms with van der Waals surface area (Å²) in [6, 6.07) is 3.79. The first-order valence-corrected chi connectivity index (χ1v) is 10.9. The number of thioether (sulfide) groups is 2. The van der Waals surface area contributed by atoms with Crippen LogP contribution in [0.3, 0.4) is 0 Å². The van der Waals surface area contributed by atoms with E-state index in [0.717, 1.165) is 5.56 Å². The topological polar surface area (TPSA) is 145 Å². The Morgan fingerprint density at radius 2 is 2.33 bits per heavy atom. The number of H-pyrrole nitrogens is 1. The number of carboxylic acid groups (broad SMARTS) is 1. The average molecular weight is 449 g/mol. The molecule has 3 N–H and O–H groups in total. The summed E-state index contributed by atoms with van der Waals surface area (Å²) in [7, 11) is 0. The maximum absolute atomic E-state index is 12.1. The van der Waals surface area contributed by atoms with Crippen molar-refractivity contribution in [2.45, 2.75) is 41.5 Å². The number of nitrogens with one attached hydrogen (secondary N) is 2. The van der Waals surface area contributed by atoms with Crippen LogP contribution in [0.15, 0.2) is 41.0 Å². The Bertz CT molecular complexity index is 1030. The lowest BCUT2D eigenvalue weighted by Crippen LogP contribution is -2.58. The Labute approximate surface area is 179 Å². The smallest absolute Gasteiger partial charge is 0.352 e. The van der Waals surface area contributed by atoms with Crippen LogP contribution in [0.25, 0.3) is 0 Å². The summed E-state index contributed by atoms with van der Waals surface area (Å²) in [5, 5.41) is 26.1. The fraction of sp³-hybridized carbons (Fsp3) is 0.353. The third kappa shape index (κ3) is 4.16. The van der Waals surface area contributed by atoms with Crippen LogP contribution in [0.2, 0.25) is 0 Å². The molecule has 1 fully saturated rings. The number of hydrogen-bond acceptors (Lipinski definition) is 8. The summed E-state index contributed by atoms with van der Waals surface area (Å²) in [6.07, 6.45) is 3.97. The number of aromatic nitrogens is 5. The fourth-order valence-corrected chi connectivity index (χ4v) is 5.46. The minimum absolute atomic E-state index is 0.0483. The molecule has 2 atom stereocenters. The Kier molecular flexibility index (Phi) is 5.72. The van der Waals surface area contributed by atoms with Crippen molar-refractivity contribution in [3.63, 3.8) is 0 Å². The SMILES string of the molecule is CC(=O)NC1S[C@@H]2CC(=O)N2C(C(=O)O)=C1C[n+]1cccc(CSc2nn[nH]n2)c1. The highest BCUT2D eigenvalue weighted by Crippen LogP contribution is 2.43. The monoisotopic (exact) mass is 448 g/mol. The molecule has 13 heteroatoms. The fourth-order valence-electron chi connectivity index (χ4n) is 3.31. The average Bonchev–Trinajstić information content (AvgIpc) is 3.21. The van der Waals surface area contributed by atoms with Gasteiger partial charge in [-0.05, 0) is 11.3 Å². The largest absolute Gasteiger partial charge is 0.477 e.